The van der Waals surface area contributed by atoms with Crippen LogP contribution in [-0.2, 0) is 11.3 Å². The Morgan fingerprint density at radius 3 is 2.31 bits per heavy atom. The second-order valence-electron chi connectivity index (χ2n) is 7.50. The number of unbranched alkanes of at least 4 members (excludes halogenated alkanes) is 1. The van der Waals surface area contributed by atoms with Gasteiger partial charge in [0.15, 0.2) is 0 Å². The molecule has 12 heteroatoms. The van der Waals surface area contributed by atoms with Crippen molar-refractivity contribution in [1.82, 2.24) is 4.90 Å². The number of hydrogen-bond acceptors (Lipinski definition) is 7. The van der Waals surface area contributed by atoms with E-state index in [0.717, 1.165) is 0 Å². The Morgan fingerprint density at radius 1 is 1.00 bits per heavy atom. The molecule has 170 valence electrons. The highest BCUT2D eigenvalue weighted by molar-refractivity contribution is 9.10. The van der Waals surface area contributed by atoms with Crippen LogP contribution in [0.3, 0.4) is 0 Å². The quantitative estimate of drug-likeness (QED) is 0.158. The normalized spacial score (nSPS) is 11.7. The first-order valence-corrected chi connectivity index (χ1v) is 10.8. The van der Waals surface area contributed by atoms with Gasteiger partial charge in [0, 0.05) is 23.1 Å². The minimum atomic E-state index is -1.73. The Labute approximate surface area is 195 Å². The smallest absolute Gasteiger partial charge is 0.423 e. The van der Waals surface area contributed by atoms with Crippen molar-refractivity contribution in [3.05, 3.63) is 58.1 Å². The van der Waals surface area contributed by atoms with Crippen LogP contribution in [0.25, 0.3) is 0 Å². The largest absolute Gasteiger partial charge is 0.488 e. The van der Waals surface area contributed by atoms with E-state index in [9.17, 15) is 29.7 Å². The molecule has 0 aliphatic rings. The molecule has 0 bridgehead atoms. The minimum absolute atomic E-state index is 0.167. The molecule has 2 amide bonds. The number of halogens is 1. The molecule has 9 nitrogen and oxygen atoms in total. The molecule has 0 aliphatic heterocycles. The van der Waals surface area contributed by atoms with Crippen LogP contribution in [0.2, 0.25) is 0 Å². The maximum atomic E-state index is 13.3. The van der Waals surface area contributed by atoms with Gasteiger partial charge in [-0.25, -0.2) is 0 Å². The molecule has 0 saturated heterocycles. The van der Waals surface area contributed by atoms with Crippen LogP contribution in [0.15, 0.2) is 46.9 Å². The molecule has 0 heterocycles. The molecule has 0 aliphatic carbocycles. The fraction of sp³-hybridized carbons (Fsp3) is 0.300. The predicted molar refractivity (Wildman–Crippen MR) is 126 cm³/mol. The van der Waals surface area contributed by atoms with Gasteiger partial charge in [0.2, 0.25) is 5.91 Å². The average molecular weight is 506 g/mol. The molecule has 8 N–H and O–H groups in total. The van der Waals surface area contributed by atoms with Crippen molar-refractivity contribution in [2.75, 3.05) is 6.54 Å². The highest BCUT2D eigenvalue weighted by Gasteiger charge is 2.21. The van der Waals surface area contributed by atoms with E-state index in [2.05, 4.69) is 15.9 Å². The molecule has 0 saturated carbocycles. The van der Waals surface area contributed by atoms with E-state index in [1.54, 1.807) is 35.2 Å². The van der Waals surface area contributed by atoms with Gasteiger partial charge in [0.25, 0.3) is 5.91 Å². The number of rotatable bonds is 11. The zero-order chi connectivity index (χ0) is 23.8. The summed E-state index contributed by atoms with van der Waals surface area (Å²) in [5.41, 5.74) is 12.3. The average Bonchev–Trinajstić information content (AvgIpc) is 2.74. The molecular formula is C20H26B2BrN3O6. The maximum Gasteiger partial charge on any atom is 0.488 e. The van der Waals surface area contributed by atoms with Gasteiger partial charge >= 0.3 is 14.2 Å². The summed E-state index contributed by atoms with van der Waals surface area (Å²) < 4.78 is 0.518. The highest BCUT2D eigenvalue weighted by atomic mass is 79.9. The SMILES string of the molecule is NC(=O)[C@@H](N)CCCCN(Cc1cccc(B(O)O)c1)C(=O)c1cc(Br)cc(B(O)O)c1. The third-order valence-electron chi connectivity index (χ3n) is 4.93. The van der Waals surface area contributed by atoms with Gasteiger partial charge in [-0.05, 0) is 54.0 Å². The van der Waals surface area contributed by atoms with Crippen molar-refractivity contribution < 1.29 is 29.7 Å². The van der Waals surface area contributed by atoms with Crippen LogP contribution >= 0.6 is 15.9 Å². The van der Waals surface area contributed by atoms with E-state index in [0.29, 0.717) is 41.3 Å². The zero-order valence-electron chi connectivity index (χ0n) is 17.4. The molecule has 0 spiro atoms. The summed E-state index contributed by atoms with van der Waals surface area (Å²) in [6.45, 7) is 0.518. The van der Waals surface area contributed by atoms with Crippen LogP contribution < -0.4 is 22.4 Å². The van der Waals surface area contributed by atoms with Crippen LogP contribution in [0.4, 0.5) is 0 Å². The molecule has 2 aromatic rings. The van der Waals surface area contributed by atoms with Crippen LogP contribution in [-0.4, -0.2) is 63.6 Å². The molecule has 2 aromatic carbocycles. The lowest BCUT2D eigenvalue weighted by Crippen LogP contribution is -2.37. The summed E-state index contributed by atoms with van der Waals surface area (Å²) in [6.07, 6.45) is 1.52. The molecule has 2 rings (SSSR count). The third-order valence-corrected chi connectivity index (χ3v) is 5.39. The van der Waals surface area contributed by atoms with Gasteiger partial charge in [0.05, 0.1) is 6.04 Å². The first kappa shape index (κ1) is 26.0. The van der Waals surface area contributed by atoms with E-state index < -0.39 is 26.2 Å². The van der Waals surface area contributed by atoms with E-state index in [1.807, 2.05) is 0 Å². The Kier molecular flexibility index (Phi) is 9.88. The monoisotopic (exact) mass is 505 g/mol. The van der Waals surface area contributed by atoms with Gasteiger partial charge in [-0.2, -0.15) is 0 Å². The third kappa shape index (κ3) is 7.73. The summed E-state index contributed by atoms with van der Waals surface area (Å²) in [7, 11) is -3.36. The van der Waals surface area contributed by atoms with Gasteiger partial charge in [-0.3, -0.25) is 9.59 Å². The number of primary amides is 1. The van der Waals surface area contributed by atoms with Crippen molar-refractivity contribution in [1.29, 1.82) is 0 Å². The number of hydrogen-bond donors (Lipinski definition) is 6. The van der Waals surface area contributed by atoms with Crippen molar-refractivity contribution in [3.8, 4) is 0 Å². The molecule has 32 heavy (non-hydrogen) atoms. The number of carbonyl (C=O) groups excluding carboxylic acids is 2. The summed E-state index contributed by atoms with van der Waals surface area (Å²) >= 11 is 3.28. The van der Waals surface area contributed by atoms with Gasteiger partial charge in [0.1, 0.15) is 0 Å². The number of nitrogens with two attached hydrogens (primary N) is 2. The molecule has 0 radical (unpaired) electrons. The molecule has 0 aromatic heterocycles. The summed E-state index contributed by atoms with van der Waals surface area (Å²) in [4.78, 5) is 26.0. The first-order valence-electron chi connectivity index (χ1n) is 10.0. The van der Waals surface area contributed by atoms with Crippen molar-refractivity contribution >= 4 is 52.9 Å². The fourth-order valence-electron chi connectivity index (χ4n) is 3.20. The predicted octanol–water partition coefficient (Wildman–Crippen LogP) is -1.57. The van der Waals surface area contributed by atoms with Gasteiger partial charge < -0.3 is 36.5 Å². The second kappa shape index (κ2) is 12.1. The maximum absolute atomic E-state index is 13.3. The van der Waals surface area contributed by atoms with Gasteiger partial charge in [-0.15, -0.1) is 0 Å². The number of benzene rings is 2. The second-order valence-corrected chi connectivity index (χ2v) is 8.41. The Hall–Kier alpha value is -2.21. The number of amides is 2. The molecule has 1 atom stereocenters. The lowest BCUT2D eigenvalue weighted by atomic mass is 9.79. The fourth-order valence-corrected chi connectivity index (χ4v) is 3.71. The summed E-state index contributed by atoms with van der Waals surface area (Å²) in [6, 6.07) is 10.3. The van der Waals surface area contributed by atoms with Crippen molar-refractivity contribution in [3.63, 3.8) is 0 Å². The molecule has 0 fully saturated rings. The Bertz CT molecular complexity index is 947. The summed E-state index contributed by atoms with van der Waals surface area (Å²) in [5, 5.41) is 37.8. The van der Waals surface area contributed by atoms with E-state index in [1.165, 1.54) is 12.1 Å². The van der Waals surface area contributed by atoms with Crippen LogP contribution in [0.1, 0.15) is 35.2 Å². The van der Waals surface area contributed by atoms with Crippen molar-refractivity contribution in [2.45, 2.75) is 31.8 Å². The van der Waals surface area contributed by atoms with Gasteiger partial charge in [-0.1, -0.05) is 40.2 Å². The molecular weight excluding hydrogens is 480 g/mol. The lowest BCUT2D eigenvalue weighted by molar-refractivity contribution is -0.119. The highest BCUT2D eigenvalue weighted by Crippen LogP contribution is 2.16. The van der Waals surface area contributed by atoms with Crippen molar-refractivity contribution in [2.24, 2.45) is 11.5 Å². The minimum Gasteiger partial charge on any atom is -0.423 e. The summed E-state index contributed by atoms with van der Waals surface area (Å²) in [5.74, 6) is -0.927. The van der Waals surface area contributed by atoms with E-state index in [-0.39, 0.29) is 23.5 Å². The first-order chi connectivity index (χ1) is 15.1. The Morgan fingerprint density at radius 2 is 1.69 bits per heavy atom. The zero-order valence-corrected chi connectivity index (χ0v) is 19.0. The van der Waals surface area contributed by atoms with Crippen LogP contribution in [0, 0.1) is 0 Å². The topological polar surface area (TPSA) is 170 Å². The number of nitrogens with zero attached hydrogens (tertiary/aromatic N) is 1. The molecule has 0 unspecified atom stereocenters. The van der Waals surface area contributed by atoms with E-state index >= 15 is 0 Å². The lowest BCUT2D eigenvalue weighted by Gasteiger charge is -2.24. The number of carbonyl (C=O) groups is 2. The Balaban J connectivity index is 2.24. The van der Waals surface area contributed by atoms with Crippen LogP contribution in [0.5, 0.6) is 0 Å². The standard InChI is InChI=1S/C20H26B2BrN3O6/c23-17-10-14(9-16(11-17)22(31)32)20(28)26(7-2-1-6-18(24)19(25)27)12-13-4-3-5-15(8-13)21(29)30/h3-5,8-11,18,29-32H,1-2,6-7,12,24H2,(H2,25,27)/t18-/m0/s1. The van der Waals surface area contributed by atoms with E-state index in [4.69, 9.17) is 11.5 Å².